The van der Waals surface area contributed by atoms with E-state index in [-0.39, 0.29) is 11.9 Å². The molecule has 0 saturated carbocycles. The third-order valence-corrected chi connectivity index (χ3v) is 4.48. The van der Waals surface area contributed by atoms with E-state index in [9.17, 15) is 4.79 Å². The second-order valence-corrected chi connectivity index (χ2v) is 6.00. The molecule has 1 amide bonds. The van der Waals surface area contributed by atoms with Gasteiger partial charge in [-0.1, -0.05) is 35.9 Å². The van der Waals surface area contributed by atoms with Gasteiger partial charge >= 0.3 is 0 Å². The second kappa shape index (κ2) is 6.46. The third kappa shape index (κ3) is 2.91. The summed E-state index contributed by atoms with van der Waals surface area (Å²) in [5.41, 5.74) is 0.598. The van der Waals surface area contributed by atoms with Crippen LogP contribution in [0, 0.1) is 0 Å². The first-order valence-corrected chi connectivity index (χ1v) is 8.12. The fourth-order valence-corrected chi connectivity index (χ4v) is 2.99. The monoisotopic (exact) mass is 308 g/mol. The molecule has 0 saturated heterocycles. The lowest BCUT2D eigenvalue weighted by Gasteiger charge is -2.24. The zero-order valence-corrected chi connectivity index (χ0v) is 13.3. The van der Waals surface area contributed by atoms with E-state index in [2.05, 4.69) is 4.98 Å². The smallest absolute Gasteiger partial charge is 0.256 e. The molecule has 1 atom stereocenters. The normalized spacial score (nSPS) is 12.4. The molecule has 1 aromatic heterocycles. The summed E-state index contributed by atoms with van der Waals surface area (Å²) in [6.45, 7) is 2.04. The minimum Gasteiger partial charge on any atom is -0.338 e. The van der Waals surface area contributed by atoms with Gasteiger partial charge in [0.05, 0.1) is 5.56 Å². The van der Waals surface area contributed by atoms with E-state index in [0.29, 0.717) is 10.7 Å². The van der Waals surface area contributed by atoms with Crippen LogP contribution in [0.4, 0.5) is 0 Å². The first-order chi connectivity index (χ1) is 9.56. The summed E-state index contributed by atoms with van der Waals surface area (Å²) in [6, 6.07) is 7.76. The highest BCUT2D eigenvalue weighted by atomic mass is 35.5. The predicted octanol–water partition coefficient (Wildman–Crippen LogP) is 3.71. The van der Waals surface area contributed by atoms with Gasteiger partial charge in [0, 0.05) is 30.4 Å². The number of carbonyl (C=O) groups excluding carboxylic acids is 1. The number of benzene rings is 1. The van der Waals surface area contributed by atoms with Crippen molar-refractivity contribution in [2.24, 2.45) is 0 Å². The Hall–Kier alpha value is -1.26. The van der Waals surface area contributed by atoms with Crippen molar-refractivity contribution in [1.82, 2.24) is 9.88 Å². The molecular weight excluding hydrogens is 292 g/mol. The van der Waals surface area contributed by atoms with Gasteiger partial charge in [-0.3, -0.25) is 4.79 Å². The summed E-state index contributed by atoms with van der Waals surface area (Å²) >= 11 is 7.81. The van der Waals surface area contributed by atoms with E-state index in [1.165, 1.54) is 0 Å². The van der Waals surface area contributed by atoms with E-state index >= 15 is 0 Å². The van der Waals surface area contributed by atoms with Crippen LogP contribution >= 0.6 is 23.4 Å². The number of thioether (sulfide) groups is 1. The quantitative estimate of drug-likeness (QED) is 0.807. The molecule has 1 aromatic carbocycles. The number of fused-ring (bicyclic) bond motifs is 1. The summed E-state index contributed by atoms with van der Waals surface area (Å²) in [6.07, 6.45) is 3.60. The van der Waals surface area contributed by atoms with Crippen molar-refractivity contribution in [3.8, 4) is 0 Å². The fourth-order valence-electron chi connectivity index (χ4n) is 2.07. The molecule has 0 aliphatic rings. The van der Waals surface area contributed by atoms with Crippen LogP contribution in [0.15, 0.2) is 30.5 Å². The number of rotatable bonds is 4. The highest BCUT2D eigenvalue weighted by Gasteiger charge is 2.20. The standard InChI is InChI=1S/C15H17ClN2OS/c1-10(9-20-3)18(2)15(19)13-8-17-14(16)12-7-5-4-6-11(12)13/h4-8,10H,9H2,1-3H3. The summed E-state index contributed by atoms with van der Waals surface area (Å²) in [5, 5.41) is 2.09. The number of amides is 1. The minimum absolute atomic E-state index is 0.0214. The van der Waals surface area contributed by atoms with Crippen molar-refractivity contribution in [3.05, 3.63) is 41.2 Å². The first-order valence-electron chi connectivity index (χ1n) is 6.35. The number of pyridine rings is 1. The van der Waals surface area contributed by atoms with Gasteiger partial charge in [0.2, 0.25) is 0 Å². The van der Waals surface area contributed by atoms with E-state index in [1.807, 2.05) is 44.5 Å². The number of hydrogen-bond donors (Lipinski definition) is 0. The lowest BCUT2D eigenvalue weighted by Crippen LogP contribution is -2.36. The molecule has 1 unspecified atom stereocenters. The summed E-state index contributed by atoms with van der Waals surface area (Å²) < 4.78 is 0. The molecule has 1 heterocycles. The summed E-state index contributed by atoms with van der Waals surface area (Å²) in [5.74, 6) is 0.883. The van der Waals surface area contributed by atoms with Crippen molar-refractivity contribution in [2.75, 3.05) is 19.1 Å². The van der Waals surface area contributed by atoms with E-state index in [1.54, 1.807) is 22.9 Å². The van der Waals surface area contributed by atoms with Crippen LogP contribution in [-0.2, 0) is 0 Å². The number of halogens is 1. The van der Waals surface area contributed by atoms with Crippen LogP contribution in [0.25, 0.3) is 10.8 Å². The van der Waals surface area contributed by atoms with E-state index in [4.69, 9.17) is 11.6 Å². The Labute approximate surface area is 128 Å². The Morgan fingerprint density at radius 2 is 2.05 bits per heavy atom. The number of nitrogens with zero attached hydrogens (tertiary/aromatic N) is 2. The molecule has 5 heteroatoms. The lowest BCUT2D eigenvalue weighted by atomic mass is 10.1. The van der Waals surface area contributed by atoms with Crippen molar-refractivity contribution in [2.45, 2.75) is 13.0 Å². The molecule has 0 radical (unpaired) electrons. The molecule has 3 nitrogen and oxygen atoms in total. The molecule has 0 spiro atoms. The van der Waals surface area contributed by atoms with Crippen LogP contribution in [-0.4, -0.2) is 40.9 Å². The zero-order chi connectivity index (χ0) is 14.7. The zero-order valence-electron chi connectivity index (χ0n) is 11.8. The van der Waals surface area contributed by atoms with Gasteiger partial charge in [0.1, 0.15) is 5.15 Å². The predicted molar refractivity (Wildman–Crippen MR) is 86.7 cm³/mol. The van der Waals surface area contributed by atoms with Crippen molar-refractivity contribution in [3.63, 3.8) is 0 Å². The van der Waals surface area contributed by atoms with Crippen molar-refractivity contribution < 1.29 is 4.79 Å². The average molecular weight is 309 g/mol. The number of aromatic nitrogens is 1. The maximum absolute atomic E-state index is 12.6. The topological polar surface area (TPSA) is 33.2 Å². The lowest BCUT2D eigenvalue weighted by molar-refractivity contribution is 0.0759. The van der Waals surface area contributed by atoms with Gasteiger partial charge in [0.25, 0.3) is 5.91 Å². The molecule has 0 bridgehead atoms. The van der Waals surface area contributed by atoms with Crippen LogP contribution in [0.1, 0.15) is 17.3 Å². The minimum atomic E-state index is -0.0214. The molecule has 2 rings (SSSR count). The molecule has 20 heavy (non-hydrogen) atoms. The van der Waals surface area contributed by atoms with Crippen molar-refractivity contribution >= 4 is 40.0 Å². The Kier molecular flexibility index (Phi) is 4.89. The van der Waals surface area contributed by atoms with Gasteiger partial charge < -0.3 is 4.90 Å². The Morgan fingerprint density at radius 1 is 1.40 bits per heavy atom. The average Bonchev–Trinajstić information content (AvgIpc) is 2.47. The van der Waals surface area contributed by atoms with E-state index < -0.39 is 0 Å². The summed E-state index contributed by atoms with van der Waals surface area (Å²) in [7, 11) is 1.83. The fraction of sp³-hybridized carbons (Fsp3) is 0.333. The van der Waals surface area contributed by atoms with Crippen LogP contribution in [0.2, 0.25) is 5.15 Å². The molecule has 0 aliphatic carbocycles. The van der Waals surface area contributed by atoms with Gasteiger partial charge in [-0.05, 0) is 18.6 Å². The van der Waals surface area contributed by atoms with Gasteiger partial charge in [0.15, 0.2) is 0 Å². The molecular formula is C15H17ClN2OS. The molecule has 0 aliphatic heterocycles. The second-order valence-electron chi connectivity index (χ2n) is 4.73. The molecule has 0 fully saturated rings. The molecule has 2 aromatic rings. The highest BCUT2D eigenvalue weighted by Crippen LogP contribution is 2.25. The van der Waals surface area contributed by atoms with Crippen LogP contribution in [0.5, 0.6) is 0 Å². The van der Waals surface area contributed by atoms with E-state index in [0.717, 1.165) is 16.5 Å². The van der Waals surface area contributed by atoms with Gasteiger partial charge in [-0.25, -0.2) is 4.98 Å². The Bertz CT molecular complexity index is 632. The largest absolute Gasteiger partial charge is 0.338 e. The van der Waals surface area contributed by atoms with Gasteiger partial charge in [-0.15, -0.1) is 0 Å². The first kappa shape index (κ1) is 15.1. The number of hydrogen-bond acceptors (Lipinski definition) is 3. The van der Waals surface area contributed by atoms with Crippen molar-refractivity contribution in [1.29, 1.82) is 0 Å². The maximum Gasteiger partial charge on any atom is 0.256 e. The SMILES string of the molecule is CSCC(C)N(C)C(=O)c1cnc(Cl)c2ccccc12. The highest BCUT2D eigenvalue weighted by molar-refractivity contribution is 7.98. The van der Waals surface area contributed by atoms with Crippen LogP contribution < -0.4 is 0 Å². The number of carbonyl (C=O) groups is 1. The molecule has 106 valence electrons. The third-order valence-electron chi connectivity index (χ3n) is 3.37. The maximum atomic E-state index is 12.6. The Morgan fingerprint density at radius 3 is 2.70 bits per heavy atom. The summed E-state index contributed by atoms with van der Waals surface area (Å²) in [4.78, 5) is 18.5. The Balaban J connectivity index is 2.43. The van der Waals surface area contributed by atoms with Gasteiger partial charge in [-0.2, -0.15) is 11.8 Å². The van der Waals surface area contributed by atoms with Crippen LogP contribution in [0.3, 0.4) is 0 Å². The molecule has 0 N–H and O–H groups in total.